The minimum atomic E-state index is 0.517. The summed E-state index contributed by atoms with van der Waals surface area (Å²) in [5.74, 6) is 0.517. The highest BCUT2D eigenvalue weighted by Crippen LogP contribution is 2.11. The van der Waals surface area contributed by atoms with E-state index in [1.165, 1.54) is 0 Å². The van der Waals surface area contributed by atoms with Gasteiger partial charge in [-0.05, 0) is 6.08 Å². The van der Waals surface area contributed by atoms with Gasteiger partial charge in [-0.3, -0.25) is 0 Å². The van der Waals surface area contributed by atoms with E-state index in [9.17, 15) is 0 Å². The number of H-pyrrole nitrogens is 1. The summed E-state index contributed by atoms with van der Waals surface area (Å²) in [5.41, 5.74) is 1.32. The molecule has 0 saturated heterocycles. The molecule has 0 radical (unpaired) electrons. The maximum Gasteiger partial charge on any atom is 0.243 e. The smallest absolute Gasteiger partial charge is 0.243 e. The quantitative estimate of drug-likeness (QED) is 0.639. The minimum absolute atomic E-state index is 0.517. The van der Waals surface area contributed by atoms with Crippen molar-refractivity contribution >= 4 is 17.3 Å². The van der Waals surface area contributed by atoms with Crippen LogP contribution in [0.4, 0.5) is 0 Å². The lowest BCUT2D eigenvalue weighted by Crippen LogP contribution is -1.66. The Balaban J connectivity index is 2.78. The standard InChI is InChI=1S/C6H5N3O/c1-2-5-8-4-3-7-9-6(4)10-5/h2-3H,1H2,(H,7,9). The third kappa shape index (κ3) is 0.556. The van der Waals surface area contributed by atoms with Crippen LogP contribution in [0, 0.1) is 0 Å². The molecule has 2 aromatic heterocycles. The van der Waals surface area contributed by atoms with Gasteiger partial charge in [-0.15, -0.1) is 0 Å². The monoisotopic (exact) mass is 135 g/mol. The lowest BCUT2D eigenvalue weighted by molar-refractivity contribution is 0.574. The van der Waals surface area contributed by atoms with E-state index in [1.54, 1.807) is 12.3 Å². The summed E-state index contributed by atoms with van der Waals surface area (Å²) >= 11 is 0. The highest BCUT2D eigenvalue weighted by Gasteiger charge is 2.01. The number of oxazole rings is 1. The Hall–Kier alpha value is -1.58. The van der Waals surface area contributed by atoms with Gasteiger partial charge >= 0.3 is 0 Å². The zero-order valence-electron chi connectivity index (χ0n) is 5.16. The van der Waals surface area contributed by atoms with Crippen molar-refractivity contribution in [3.05, 3.63) is 18.7 Å². The maximum absolute atomic E-state index is 5.11. The van der Waals surface area contributed by atoms with Crippen molar-refractivity contribution in [1.82, 2.24) is 15.2 Å². The predicted octanol–water partition coefficient (Wildman–Crippen LogP) is 1.19. The highest BCUT2D eigenvalue weighted by atomic mass is 16.4. The zero-order chi connectivity index (χ0) is 6.97. The number of rotatable bonds is 1. The van der Waals surface area contributed by atoms with E-state index in [1.807, 2.05) is 0 Å². The average molecular weight is 135 g/mol. The topological polar surface area (TPSA) is 54.7 Å². The summed E-state index contributed by atoms with van der Waals surface area (Å²) in [6.07, 6.45) is 3.15. The van der Waals surface area contributed by atoms with E-state index >= 15 is 0 Å². The van der Waals surface area contributed by atoms with Gasteiger partial charge in [0.15, 0.2) is 0 Å². The van der Waals surface area contributed by atoms with Crippen LogP contribution in [0.2, 0.25) is 0 Å². The lowest BCUT2D eigenvalue weighted by Gasteiger charge is -1.74. The second-order valence-electron chi connectivity index (χ2n) is 1.84. The van der Waals surface area contributed by atoms with Gasteiger partial charge in [0.1, 0.15) is 5.52 Å². The van der Waals surface area contributed by atoms with Gasteiger partial charge in [0.25, 0.3) is 0 Å². The molecule has 4 nitrogen and oxygen atoms in total. The maximum atomic E-state index is 5.11. The summed E-state index contributed by atoms with van der Waals surface area (Å²) in [4.78, 5) is 4.01. The number of nitrogens with zero attached hydrogens (tertiary/aromatic N) is 2. The second kappa shape index (κ2) is 1.70. The molecule has 0 saturated carbocycles. The van der Waals surface area contributed by atoms with Gasteiger partial charge in [0.2, 0.25) is 11.6 Å². The first-order chi connectivity index (χ1) is 4.90. The van der Waals surface area contributed by atoms with Gasteiger partial charge in [-0.25, -0.2) is 10.1 Å². The highest BCUT2D eigenvalue weighted by molar-refractivity contribution is 5.68. The molecule has 0 fully saturated rings. The van der Waals surface area contributed by atoms with Crippen LogP contribution in [0.5, 0.6) is 0 Å². The van der Waals surface area contributed by atoms with Gasteiger partial charge < -0.3 is 4.42 Å². The largest absolute Gasteiger partial charge is 0.419 e. The number of aromatic amines is 1. The molecule has 2 heterocycles. The molecule has 0 atom stereocenters. The molecule has 0 unspecified atom stereocenters. The average Bonchev–Trinajstić information content (AvgIpc) is 2.42. The van der Waals surface area contributed by atoms with Crippen molar-refractivity contribution in [3.63, 3.8) is 0 Å². The van der Waals surface area contributed by atoms with E-state index in [-0.39, 0.29) is 0 Å². The molecular formula is C6H5N3O. The van der Waals surface area contributed by atoms with Crippen LogP contribution in [0.1, 0.15) is 5.89 Å². The molecule has 10 heavy (non-hydrogen) atoms. The van der Waals surface area contributed by atoms with Gasteiger partial charge in [-0.1, -0.05) is 6.58 Å². The third-order valence-corrected chi connectivity index (χ3v) is 1.20. The van der Waals surface area contributed by atoms with E-state index in [4.69, 9.17) is 4.42 Å². The van der Waals surface area contributed by atoms with Crippen molar-refractivity contribution in [3.8, 4) is 0 Å². The number of aromatic nitrogens is 3. The first kappa shape index (κ1) is 5.22. The molecular weight excluding hydrogens is 130 g/mol. The molecule has 2 rings (SSSR count). The summed E-state index contributed by atoms with van der Waals surface area (Å²) in [7, 11) is 0. The van der Waals surface area contributed by atoms with Crippen molar-refractivity contribution in [2.45, 2.75) is 0 Å². The summed E-state index contributed by atoms with van der Waals surface area (Å²) in [6, 6.07) is 0. The van der Waals surface area contributed by atoms with Crippen LogP contribution in [0.25, 0.3) is 17.3 Å². The minimum Gasteiger partial charge on any atom is -0.419 e. The molecule has 1 N–H and O–H groups in total. The van der Waals surface area contributed by atoms with E-state index < -0.39 is 0 Å². The van der Waals surface area contributed by atoms with Crippen LogP contribution in [-0.4, -0.2) is 15.2 Å². The summed E-state index contributed by atoms with van der Waals surface area (Å²) < 4.78 is 5.11. The summed E-state index contributed by atoms with van der Waals surface area (Å²) in [5, 5.41) is 6.37. The molecule has 0 aliphatic heterocycles. The van der Waals surface area contributed by atoms with Crippen molar-refractivity contribution in [1.29, 1.82) is 0 Å². The Kier molecular flexibility index (Phi) is 0.887. The number of fused-ring (bicyclic) bond motifs is 1. The van der Waals surface area contributed by atoms with Gasteiger partial charge in [-0.2, -0.15) is 5.10 Å². The molecule has 50 valence electrons. The zero-order valence-corrected chi connectivity index (χ0v) is 5.16. The predicted molar refractivity (Wildman–Crippen MR) is 36.2 cm³/mol. The third-order valence-electron chi connectivity index (χ3n) is 1.20. The first-order valence-corrected chi connectivity index (χ1v) is 2.82. The van der Waals surface area contributed by atoms with Gasteiger partial charge in [0.05, 0.1) is 6.20 Å². The SMILES string of the molecule is C=Cc1nc2cn[nH]c2o1. The first-order valence-electron chi connectivity index (χ1n) is 2.82. The van der Waals surface area contributed by atoms with Crippen molar-refractivity contribution in [2.75, 3.05) is 0 Å². The number of hydrogen-bond acceptors (Lipinski definition) is 3. The van der Waals surface area contributed by atoms with E-state index in [0.717, 1.165) is 5.52 Å². The molecule has 0 bridgehead atoms. The normalized spacial score (nSPS) is 10.4. The fourth-order valence-corrected chi connectivity index (χ4v) is 0.756. The molecule has 2 aromatic rings. The van der Waals surface area contributed by atoms with Crippen molar-refractivity contribution in [2.24, 2.45) is 0 Å². The molecule has 4 heteroatoms. The second-order valence-corrected chi connectivity index (χ2v) is 1.84. The van der Waals surface area contributed by atoms with Crippen LogP contribution in [0.15, 0.2) is 17.2 Å². The molecule has 0 aliphatic carbocycles. The van der Waals surface area contributed by atoms with Gasteiger partial charge in [0, 0.05) is 0 Å². The van der Waals surface area contributed by atoms with Crippen molar-refractivity contribution < 1.29 is 4.42 Å². The van der Waals surface area contributed by atoms with Crippen LogP contribution >= 0.6 is 0 Å². The van der Waals surface area contributed by atoms with Crippen LogP contribution in [0.3, 0.4) is 0 Å². The Labute approximate surface area is 56.6 Å². The molecule has 0 amide bonds. The fraction of sp³-hybridized carbons (Fsp3) is 0. The van der Waals surface area contributed by atoms with Crippen LogP contribution < -0.4 is 0 Å². The Morgan fingerprint density at radius 2 is 2.60 bits per heavy atom. The summed E-state index contributed by atoms with van der Waals surface area (Å²) in [6.45, 7) is 3.52. The Morgan fingerprint density at radius 1 is 1.70 bits per heavy atom. The lowest BCUT2D eigenvalue weighted by atomic mass is 10.6. The molecule has 0 spiro atoms. The number of hydrogen-bond donors (Lipinski definition) is 1. The molecule has 0 aliphatic rings. The van der Waals surface area contributed by atoms with E-state index in [2.05, 4.69) is 21.8 Å². The number of nitrogens with one attached hydrogen (secondary N) is 1. The molecule has 0 aromatic carbocycles. The fourth-order valence-electron chi connectivity index (χ4n) is 0.756. The Bertz CT molecular complexity index is 331. The Morgan fingerprint density at radius 3 is 3.30 bits per heavy atom. The van der Waals surface area contributed by atoms with E-state index in [0.29, 0.717) is 11.6 Å². The van der Waals surface area contributed by atoms with Crippen LogP contribution in [-0.2, 0) is 0 Å².